The van der Waals surface area contributed by atoms with Crippen LogP contribution in [0.4, 0.5) is 0 Å². The van der Waals surface area contributed by atoms with Crippen molar-refractivity contribution in [1.82, 2.24) is 0 Å². The largest absolute Gasteiger partial charge is 0.477 e. The summed E-state index contributed by atoms with van der Waals surface area (Å²) >= 11 is 0. The molecule has 16 heavy (non-hydrogen) atoms. The second-order valence-corrected chi connectivity index (χ2v) is 2.90. The Morgan fingerprint density at radius 2 is 1.44 bits per heavy atom. The summed E-state index contributed by atoms with van der Waals surface area (Å²) in [7, 11) is 0. The summed E-state index contributed by atoms with van der Waals surface area (Å²) in [6, 6.07) is 7.83. The highest BCUT2D eigenvalue weighted by Gasteiger charge is 2.18. The second kappa shape index (κ2) is 4.88. The molecule has 0 saturated heterocycles. The van der Waals surface area contributed by atoms with Crippen molar-refractivity contribution in [2.45, 2.75) is 0 Å². The van der Waals surface area contributed by atoms with Gasteiger partial charge in [-0.15, -0.1) is 0 Å². The summed E-state index contributed by atoms with van der Waals surface area (Å²) in [6.45, 7) is 0. The van der Waals surface area contributed by atoms with Gasteiger partial charge in [0.25, 0.3) is 0 Å². The Morgan fingerprint density at radius 3 is 1.88 bits per heavy atom. The van der Waals surface area contributed by atoms with Gasteiger partial charge in [0.1, 0.15) is 5.57 Å². The molecule has 0 aliphatic heterocycles. The van der Waals surface area contributed by atoms with Crippen LogP contribution in [0.2, 0.25) is 0 Å². The Hall–Kier alpha value is -2.43. The molecule has 0 aliphatic rings. The number of carboxylic acid groups (broad SMARTS) is 2. The summed E-state index contributed by atoms with van der Waals surface area (Å²) in [6.07, 6.45) is 0.597. The lowest BCUT2D eigenvalue weighted by Gasteiger charge is -1.96. The normalized spacial score (nSPS) is 9.25. The third-order valence-electron chi connectivity index (χ3n) is 1.79. The minimum atomic E-state index is -1.64. The van der Waals surface area contributed by atoms with E-state index in [1.165, 1.54) is 12.1 Å². The molecule has 2 N–H and O–H groups in total. The maximum Gasteiger partial charge on any atom is 0.343 e. The van der Waals surface area contributed by atoms with Gasteiger partial charge in [-0.25, -0.2) is 9.59 Å². The predicted molar refractivity (Wildman–Crippen MR) is 54.1 cm³/mol. The van der Waals surface area contributed by atoms with Crippen molar-refractivity contribution in [2.75, 3.05) is 0 Å². The van der Waals surface area contributed by atoms with Crippen LogP contribution < -0.4 is 0 Å². The van der Waals surface area contributed by atoms with E-state index in [0.29, 0.717) is 6.08 Å². The highest BCUT2D eigenvalue weighted by atomic mass is 16.4. The molecule has 0 amide bonds. The first-order valence-electron chi connectivity index (χ1n) is 4.30. The molecule has 5 heteroatoms. The average molecular weight is 220 g/mol. The Labute approximate surface area is 90.6 Å². The Kier molecular flexibility index (Phi) is 3.55. The van der Waals surface area contributed by atoms with Crippen LogP contribution in [0.15, 0.2) is 42.0 Å². The second-order valence-electron chi connectivity index (χ2n) is 2.90. The number of carboxylic acids is 2. The van der Waals surface area contributed by atoms with E-state index < -0.39 is 23.3 Å². The fourth-order valence-corrected chi connectivity index (χ4v) is 1.03. The van der Waals surface area contributed by atoms with Gasteiger partial charge in [0, 0.05) is 11.6 Å². The third kappa shape index (κ3) is 2.78. The number of allylic oxidation sites excluding steroid dienone is 1. The van der Waals surface area contributed by atoms with E-state index in [1.54, 1.807) is 18.2 Å². The molecule has 0 radical (unpaired) electrons. The number of carbonyl (C=O) groups excluding carboxylic acids is 1. The van der Waals surface area contributed by atoms with Gasteiger partial charge in [-0.3, -0.25) is 4.79 Å². The SMILES string of the molecule is O=C(O)C(=CC(=O)c1ccccc1)C(=O)O. The molecule has 0 fully saturated rings. The number of benzene rings is 1. The minimum absolute atomic E-state index is 0.238. The van der Waals surface area contributed by atoms with Gasteiger partial charge in [-0.1, -0.05) is 30.3 Å². The topological polar surface area (TPSA) is 91.7 Å². The van der Waals surface area contributed by atoms with Crippen molar-refractivity contribution in [1.29, 1.82) is 0 Å². The smallest absolute Gasteiger partial charge is 0.343 e. The monoisotopic (exact) mass is 220 g/mol. The Bertz CT molecular complexity index is 443. The van der Waals surface area contributed by atoms with Crippen LogP contribution >= 0.6 is 0 Å². The zero-order valence-corrected chi connectivity index (χ0v) is 8.08. The number of rotatable bonds is 4. The molecule has 0 heterocycles. The summed E-state index contributed by atoms with van der Waals surface area (Å²) in [4.78, 5) is 32.5. The van der Waals surface area contributed by atoms with Crippen molar-refractivity contribution < 1.29 is 24.6 Å². The molecule has 5 nitrogen and oxygen atoms in total. The van der Waals surface area contributed by atoms with E-state index in [0.717, 1.165) is 0 Å². The van der Waals surface area contributed by atoms with Crippen LogP contribution in [0.3, 0.4) is 0 Å². The average Bonchev–Trinajstić information content (AvgIpc) is 2.25. The van der Waals surface area contributed by atoms with Gasteiger partial charge < -0.3 is 10.2 Å². The van der Waals surface area contributed by atoms with Crippen LogP contribution in [0, 0.1) is 0 Å². The van der Waals surface area contributed by atoms with Gasteiger partial charge in [-0.05, 0) is 0 Å². The molecule has 0 unspecified atom stereocenters. The lowest BCUT2D eigenvalue weighted by molar-refractivity contribution is -0.140. The van der Waals surface area contributed by atoms with E-state index in [9.17, 15) is 14.4 Å². The summed E-state index contributed by atoms with van der Waals surface area (Å²) < 4.78 is 0. The van der Waals surface area contributed by atoms with E-state index in [2.05, 4.69) is 0 Å². The summed E-state index contributed by atoms with van der Waals surface area (Å²) in [5, 5.41) is 17.1. The molecule has 1 aromatic carbocycles. The zero-order valence-electron chi connectivity index (χ0n) is 8.08. The first-order valence-corrected chi connectivity index (χ1v) is 4.30. The van der Waals surface area contributed by atoms with Crippen molar-refractivity contribution >= 4 is 17.7 Å². The minimum Gasteiger partial charge on any atom is -0.477 e. The molecule has 0 aliphatic carbocycles. The van der Waals surface area contributed by atoms with Gasteiger partial charge >= 0.3 is 11.9 Å². The molecular weight excluding hydrogens is 212 g/mol. The highest BCUT2D eigenvalue weighted by molar-refractivity contribution is 6.19. The summed E-state index contributed by atoms with van der Waals surface area (Å²) in [5.74, 6) is -3.94. The standard InChI is InChI=1S/C11H8O5/c12-9(7-4-2-1-3-5-7)6-8(10(13)14)11(15)16/h1-6H,(H,13,14)(H,15,16). The number of aliphatic carboxylic acids is 2. The highest BCUT2D eigenvalue weighted by Crippen LogP contribution is 2.04. The van der Waals surface area contributed by atoms with Gasteiger partial charge in [0.15, 0.2) is 5.78 Å². The number of ketones is 1. The van der Waals surface area contributed by atoms with Crippen molar-refractivity contribution in [3.63, 3.8) is 0 Å². The van der Waals surface area contributed by atoms with E-state index >= 15 is 0 Å². The van der Waals surface area contributed by atoms with Crippen LogP contribution in [0.5, 0.6) is 0 Å². The fourth-order valence-electron chi connectivity index (χ4n) is 1.03. The van der Waals surface area contributed by atoms with Crippen LogP contribution in [-0.2, 0) is 9.59 Å². The molecule has 1 aromatic rings. The first-order chi connectivity index (χ1) is 7.52. The van der Waals surface area contributed by atoms with Crippen LogP contribution in [-0.4, -0.2) is 27.9 Å². The van der Waals surface area contributed by atoms with Gasteiger partial charge in [0.05, 0.1) is 0 Å². The number of carbonyl (C=O) groups is 3. The Balaban J connectivity index is 3.04. The molecule has 1 rings (SSSR count). The zero-order chi connectivity index (χ0) is 12.1. The lowest BCUT2D eigenvalue weighted by atomic mass is 10.1. The maximum absolute atomic E-state index is 11.5. The molecule has 0 saturated carbocycles. The van der Waals surface area contributed by atoms with E-state index in [4.69, 9.17) is 10.2 Å². The van der Waals surface area contributed by atoms with Crippen molar-refractivity contribution in [2.24, 2.45) is 0 Å². The quantitative estimate of drug-likeness (QED) is 0.341. The summed E-state index contributed by atoms with van der Waals surface area (Å²) in [5.41, 5.74) is -0.712. The first kappa shape index (κ1) is 11.6. The molecule has 82 valence electrons. The fraction of sp³-hybridized carbons (Fsp3) is 0. The predicted octanol–water partition coefficient (Wildman–Crippen LogP) is 0.965. The number of hydrogen-bond donors (Lipinski definition) is 2. The molecule has 0 atom stereocenters. The Morgan fingerprint density at radius 1 is 0.938 bits per heavy atom. The maximum atomic E-state index is 11.5. The van der Waals surface area contributed by atoms with Crippen LogP contribution in [0.1, 0.15) is 10.4 Å². The molecular formula is C11H8O5. The van der Waals surface area contributed by atoms with Crippen molar-refractivity contribution in [3.8, 4) is 0 Å². The molecule has 0 aromatic heterocycles. The molecule has 0 spiro atoms. The lowest BCUT2D eigenvalue weighted by Crippen LogP contribution is -2.13. The van der Waals surface area contributed by atoms with E-state index in [-0.39, 0.29) is 5.56 Å². The molecule has 0 bridgehead atoms. The van der Waals surface area contributed by atoms with Crippen molar-refractivity contribution in [3.05, 3.63) is 47.5 Å². The number of hydrogen-bond acceptors (Lipinski definition) is 3. The third-order valence-corrected chi connectivity index (χ3v) is 1.79. The van der Waals surface area contributed by atoms with Crippen LogP contribution in [0.25, 0.3) is 0 Å². The van der Waals surface area contributed by atoms with E-state index in [1.807, 2.05) is 0 Å². The van der Waals surface area contributed by atoms with Gasteiger partial charge in [-0.2, -0.15) is 0 Å². The van der Waals surface area contributed by atoms with Gasteiger partial charge in [0.2, 0.25) is 0 Å².